The second-order valence-corrected chi connectivity index (χ2v) is 8.96. The van der Waals surface area contributed by atoms with Crippen LogP contribution in [-0.2, 0) is 12.1 Å². The van der Waals surface area contributed by atoms with E-state index >= 15 is 0 Å². The van der Waals surface area contributed by atoms with Crippen LogP contribution in [0.5, 0.6) is 0 Å². The lowest BCUT2D eigenvalue weighted by Crippen LogP contribution is -2.37. The monoisotopic (exact) mass is 333 g/mol. The average molecular weight is 334 g/mol. The fourth-order valence-electron chi connectivity index (χ4n) is 2.43. The summed E-state index contributed by atoms with van der Waals surface area (Å²) >= 11 is 1.73. The van der Waals surface area contributed by atoms with Gasteiger partial charge in [0.05, 0.1) is 12.4 Å². The van der Waals surface area contributed by atoms with Gasteiger partial charge in [-0.3, -0.25) is 10.1 Å². The Hall–Kier alpha value is -1.46. The quantitative estimate of drug-likeness (QED) is 0.922. The highest BCUT2D eigenvalue weighted by atomic mass is 32.1. The summed E-state index contributed by atoms with van der Waals surface area (Å²) in [5.41, 5.74) is 0.814. The van der Waals surface area contributed by atoms with E-state index in [9.17, 15) is 4.79 Å². The Morgan fingerprint density at radius 2 is 1.87 bits per heavy atom. The van der Waals surface area contributed by atoms with Crippen molar-refractivity contribution in [3.05, 3.63) is 50.6 Å². The molecular weight excluding hydrogens is 306 g/mol. The lowest BCUT2D eigenvalue weighted by molar-refractivity contribution is 0.252. The highest BCUT2D eigenvalue weighted by Gasteiger charge is 2.27. The fourth-order valence-corrected chi connectivity index (χ4v) is 3.47. The molecule has 2 heterocycles. The number of hydrogen-bond donors (Lipinski definition) is 1. The normalized spacial score (nSPS) is 14.0. The van der Waals surface area contributed by atoms with Crippen molar-refractivity contribution in [2.45, 2.75) is 59.7 Å². The van der Waals surface area contributed by atoms with Crippen molar-refractivity contribution in [1.82, 2.24) is 15.1 Å². The van der Waals surface area contributed by atoms with Gasteiger partial charge in [-0.05, 0) is 22.9 Å². The van der Waals surface area contributed by atoms with Gasteiger partial charge in [-0.1, -0.05) is 47.6 Å². The van der Waals surface area contributed by atoms with E-state index in [2.05, 4.69) is 69.5 Å². The molecule has 0 radical (unpaired) electrons. The molecule has 1 unspecified atom stereocenters. The summed E-state index contributed by atoms with van der Waals surface area (Å²) in [6, 6.07) is 7.79. The molecule has 0 bridgehead atoms. The molecule has 126 valence electrons. The lowest BCUT2D eigenvalue weighted by Gasteiger charge is -2.31. The van der Waals surface area contributed by atoms with Crippen LogP contribution in [0.1, 0.15) is 58.2 Å². The Morgan fingerprint density at radius 1 is 1.17 bits per heavy atom. The fraction of sp³-hybridized carbons (Fsp3) is 0.556. The van der Waals surface area contributed by atoms with E-state index in [0.29, 0.717) is 6.67 Å². The van der Waals surface area contributed by atoms with Gasteiger partial charge in [0.1, 0.15) is 0 Å². The summed E-state index contributed by atoms with van der Waals surface area (Å²) < 4.78 is 1.52. The van der Waals surface area contributed by atoms with E-state index in [4.69, 9.17) is 0 Å². The first-order chi connectivity index (χ1) is 10.6. The maximum Gasteiger partial charge on any atom is 0.267 e. The van der Waals surface area contributed by atoms with E-state index in [1.165, 1.54) is 9.56 Å². The van der Waals surface area contributed by atoms with Crippen molar-refractivity contribution in [1.29, 1.82) is 0 Å². The van der Waals surface area contributed by atoms with E-state index < -0.39 is 0 Å². The van der Waals surface area contributed by atoms with Gasteiger partial charge in [0.2, 0.25) is 0 Å². The largest absolute Gasteiger partial charge is 0.290 e. The third kappa shape index (κ3) is 4.52. The van der Waals surface area contributed by atoms with Gasteiger partial charge in [-0.15, -0.1) is 11.3 Å². The van der Waals surface area contributed by atoms with Crippen molar-refractivity contribution in [2.24, 2.45) is 5.41 Å². The molecule has 1 N–H and O–H groups in total. The Labute approximate surface area is 142 Å². The molecular formula is C18H27N3OS. The van der Waals surface area contributed by atoms with Crippen molar-refractivity contribution >= 4 is 11.3 Å². The molecule has 4 nitrogen and oxygen atoms in total. The van der Waals surface area contributed by atoms with Gasteiger partial charge in [-0.25, -0.2) is 4.68 Å². The van der Waals surface area contributed by atoms with Crippen LogP contribution >= 0.6 is 11.3 Å². The molecule has 0 saturated heterocycles. The minimum Gasteiger partial charge on any atom is -0.290 e. The number of rotatable bonds is 4. The highest BCUT2D eigenvalue weighted by Crippen LogP contribution is 2.35. The van der Waals surface area contributed by atoms with Crippen LogP contribution in [0.15, 0.2) is 34.4 Å². The second kappa shape index (κ2) is 6.57. The number of nitrogens with zero attached hydrogens (tertiary/aromatic N) is 2. The van der Waals surface area contributed by atoms with Crippen LogP contribution in [-0.4, -0.2) is 9.78 Å². The second-order valence-electron chi connectivity index (χ2n) is 7.98. The molecule has 2 rings (SSSR count). The van der Waals surface area contributed by atoms with Crippen LogP contribution in [0.25, 0.3) is 0 Å². The highest BCUT2D eigenvalue weighted by molar-refractivity contribution is 7.10. The standard InChI is InChI=1S/C18H27N3OS/c1-17(2,3)14-9-10-15(22)21(20-14)12-19-16(18(4,5)6)13-8-7-11-23-13/h7-11,16,19H,12H2,1-6H3. The molecule has 23 heavy (non-hydrogen) atoms. The summed E-state index contributed by atoms with van der Waals surface area (Å²) in [7, 11) is 0. The zero-order chi connectivity index (χ0) is 17.3. The van der Waals surface area contributed by atoms with Crippen LogP contribution in [0.2, 0.25) is 0 Å². The van der Waals surface area contributed by atoms with Crippen molar-refractivity contribution < 1.29 is 0 Å². The van der Waals surface area contributed by atoms with Crippen molar-refractivity contribution in [3.63, 3.8) is 0 Å². The first-order valence-electron chi connectivity index (χ1n) is 7.94. The molecule has 0 aliphatic heterocycles. The molecule has 2 aromatic rings. The van der Waals surface area contributed by atoms with E-state index in [1.807, 2.05) is 6.07 Å². The first kappa shape index (κ1) is 17.9. The molecule has 0 spiro atoms. The topological polar surface area (TPSA) is 46.9 Å². The molecule has 0 fully saturated rings. The van der Waals surface area contributed by atoms with Crippen LogP contribution < -0.4 is 10.9 Å². The maximum absolute atomic E-state index is 12.1. The van der Waals surface area contributed by atoms with Gasteiger partial charge in [0.25, 0.3) is 5.56 Å². The molecule has 0 amide bonds. The third-order valence-corrected chi connectivity index (χ3v) is 4.71. The van der Waals surface area contributed by atoms with Gasteiger partial charge < -0.3 is 0 Å². The summed E-state index contributed by atoms with van der Waals surface area (Å²) in [6.07, 6.45) is 0. The van der Waals surface area contributed by atoms with Gasteiger partial charge >= 0.3 is 0 Å². The van der Waals surface area contributed by atoms with Gasteiger partial charge in [-0.2, -0.15) is 5.10 Å². The molecule has 0 aromatic carbocycles. The van der Waals surface area contributed by atoms with E-state index in [0.717, 1.165) is 5.69 Å². The smallest absolute Gasteiger partial charge is 0.267 e. The Kier molecular flexibility index (Phi) is 5.11. The molecule has 0 aliphatic carbocycles. The van der Waals surface area contributed by atoms with Crippen LogP contribution in [0.4, 0.5) is 0 Å². The average Bonchev–Trinajstić information content (AvgIpc) is 2.91. The number of thiophene rings is 1. The van der Waals surface area contributed by atoms with E-state index in [1.54, 1.807) is 17.4 Å². The van der Waals surface area contributed by atoms with Gasteiger partial charge in [0.15, 0.2) is 0 Å². The first-order valence-corrected chi connectivity index (χ1v) is 8.82. The molecule has 0 saturated carbocycles. The molecule has 1 atom stereocenters. The lowest BCUT2D eigenvalue weighted by atomic mass is 9.86. The zero-order valence-corrected chi connectivity index (χ0v) is 15.7. The Morgan fingerprint density at radius 3 is 2.39 bits per heavy atom. The Bertz CT molecular complexity index is 690. The molecule has 5 heteroatoms. The number of nitrogens with one attached hydrogen (secondary N) is 1. The summed E-state index contributed by atoms with van der Waals surface area (Å²) in [5, 5.41) is 10.1. The van der Waals surface area contributed by atoms with Crippen molar-refractivity contribution in [3.8, 4) is 0 Å². The molecule has 2 aromatic heterocycles. The summed E-state index contributed by atoms with van der Waals surface area (Å²) in [5.74, 6) is 0. The van der Waals surface area contributed by atoms with E-state index in [-0.39, 0.29) is 22.4 Å². The zero-order valence-electron chi connectivity index (χ0n) is 14.9. The molecule has 0 aliphatic rings. The van der Waals surface area contributed by atoms with Crippen molar-refractivity contribution in [2.75, 3.05) is 0 Å². The summed E-state index contributed by atoms with van der Waals surface area (Å²) in [6.45, 7) is 13.3. The predicted octanol–water partition coefficient (Wildman–Crippen LogP) is 3.94. The predicted molar refractivity (Wildman–Crippen MR) is 96.8 cm³/mol. The van der Waals surface area contributed by atoms with Crippen LogP contribution in [0, 0.1) is 5.41 Å². The van der Waals surface area contributed by atoms with Gasteiger partial charge in [0, 0.05) is 22.4 Å². The third-order valence-electron chi connectivity index (χ3n) is 3.77. The minimum atomic E-state index is -0.0793. The number of hydrogen-bond acceptors (Lipinski definition) is 4. The maximum atomic E-state index is 12.1. The minimum absolute atomic E-state index is 0.0517. The van der Waals surface area contributed by atoms with Crippen LogP contribution in [0.3, 0.4) is 0 Å². The number of aromatic nitrogens is 2. The Balaban J connectivity index is 2.23. The summed E-state index contributed by atoms with van der Waals surface area (Å²) in [4.78, 5) is 13.4. The SMILES string of the molecule is CC(C)(C)c1ccc(=O)n(CNC(c2cccs2)C(C)(C)C)n1.